The lowest BCUT2D eigenvalue weighted by atomic mass is 9.94. The highest BCUT2D eigenvalue weighted by Gasteiger charge is 2.35. The molecule has 1 unspecified atom stereocenters. The maximum absolute atomic E-state index is 14.5. The number of amides is 2. The molecule has 1 atom stereocenters. The molecule has 2 amide bonds. The molecule has 10 nitrogen and oxygen atoms in total. The van der Waals surface area contributed by atoms with E-state index < -0.39 is 28.5 Å². The van der Waals surface area contributed by atoms with Gasteiger partial charge in [-0.1, -0.05) is 61.7 Å². The minimum Gasteiger partial charge on any atom is -0.497 e. The Morgan fingerprint density at radius 3 is 2.16 bits per heavy atom. The van der Waals surface area contributed by atoms with E-state index in [1.807, 2.05) is 42.5 Å². The Labute approximate surface area is 266 Å². The van der Waals surface area contributed by atoms with Crippen molar-refractivity contribution in [3.8, 4) is 17.2 Å². The van der Waals surface area contributed by atoms with E-state index in [4.69, 9.17) is 14.2 Å². The molecule has 3 aromatic rings. The standard InChI is InChI=1S/C34H43N3O7S/c1-42-28-17-11-14-26(20-28)23-36(31(21-25-12-7-5-8-13-25)34(39)35-27-15-9-6-10-16-27)33(38)24-37(45(4,40)41)30-22-29(43-2)18-19-32(30)44-3/h5,7-8,11-14,17-20,22,27,31H,6,9-10,15-16,21,23-24H2,1-4H3,(H,35,39). The molecule has 0 aromatic heterocycles. The fraction of sp³-hybridized carbons (Fsp3) is 0.412. The number of sulfonamides is 1. The number of nitrogens with zero attached hydrogens (tertiary/aromatic N) is 2. The van der Waals surface area contributed by atoms with E-state index in [-0.39, 0.29) is 36.4 Å². The van der Waals surface area contributed by atoms with Gasteiger partial charge in [-0.15, -0.1) is 0 Å². The summed E-state index contributed by atoms with van der Waals surface area (Å²) >= 11 is 0. The third-order valence-corrected chi connectivity index (χ3v) is 9.17. The molecule has 0 bridgehead atoms. The monoisotopic (exact) mass is 637 g/mol. The van der Waals surface area contributed by atoms with Gasteiger partial charge in [-0.25, -0.2) is 8.42 Å². The van der Waals surface area contributed by atoms with Crippen LogP contribution in [0.15, 0.2) is 72.8 Å². The quantitative estimate of drug-likeness (QED) is 0.276. The molecule has 1 N–H and O–H groups in total. The molecule has 11 heteroatoms. The summed E-state index contributed by atoms with van der Waals surface area (Å²) in [6, 6.07) is 20.6. The molecule has 1 saturated carbocycles. The normalized spacial score (nSPS) is 14.2. The van der Waals surface area contributed by atoms with Gasteiger partial charge in [0, 0.05) is 25.1 Å². The van der Waals surface area contributed by atoms with Gasteiger partial charge in [0.15, 0.2) is 0 Å². The lowest BCUT2D eigenvalue weighted by molar-refractivity contribution is -0.140. The van der Waals surface area contributed by atoms with Crippen LogP contribution in [0.25, 0.3) is 0 Å². The van der Waals surface area contributed by atoms with Crippen molar-refractivity contribution in [1.29, 1.82) is 0 Å². The topological polar surface area (TPSA) is 114 Å². The van der Waals surface area contributed by atoms with Crippen LogP contribution in [0.5, 0.6) is 17.2 Å². The van der Waals surface area contributed by atoms with Crippen LogP contribution in [0, 0.1) is 0 Å². The lowest BCUT2D eigenvalue weighted by Gasteiger charge is -2.35. The summed E-state index contributed by atoms with van der Waals surface area (Å²) in [6.45, 7) is -0.507. The highest BCUT2D eigenvalue weighted by molar-refractivity contribution is 7.92. The minimum absolute atomic E-state index is 0.0202. The zero-order valence-electron chi connectivity index (χ0n) is 26.4. The van der Waals surface area contributed by atoms with Crippen molar-refractivity contribution in [3.05, 3.63) is 83.9 Å². The summed E-state index contributed by atoms with van der Waals surface area (Å²) in [6.07, 6.45) is 6.24. The molecule has 0 aliphatic heterocycles. The van der Waals surface area contributed by atoms with Crippen molar-refractivity contribution in [2.45, 2.75) is 57.2 Å². The number of rotatable bonds is 14. The zero-order valence-corrected chi connectivity index (χ0v) is 27.2. The highest BCUT2D eigenvalue weighted by Crippen LogP contribution is 2.34. The number of hydrogen-bond donors (Lipinski definition) is 1. The van der Waals surface area contributed by atoms with Crippen molar-refractivity contribution in [2.75, 3.05) is 38.4 Å². The largest absolute Gasteiger partial charge is 0.497 e. The third kappa shape index (κ3) is 9.13. The summed E-state index contributed by atoms with van der Waals surface area (Å²) in [5.74, 6) is 0.433. The van der Waals surface area contributed by atoms with Crippen molar-refractivity contribution < 1.29 is 32.2 Å². The molecule has 1 aliphatic rings. The predicted octanol–water partition coefficient (Wildman–Crippen LogP) is 4.57. The Morgan fingerprint density at radius 2 is 1.51 bits per heavy atom. The second kappa shape index (κ2) is 15.7. The van der Waals surface area contributed by atoms with E-state index in [9.17, 15) is 18.0 Å². The summed E-state index contributed by atoms with van der Waals surface area (Å²) < 4.78 is 43.7. The van der Waals surface area contributed by atoms with E-state index in [0.717, 1.165) is 53.8 Å². The van der Waals surface area contributed by atoms with E-state index in [2.05, 4.69) is 5.32 Å². The lowest BCUT2D eigenvalue weighted by Crippen LogP contribution is -2.55. The van der Waals surface area contributed by atoms with Gasteiger partial charge in [-0.3, -0.25) is 13.9 Å². The number of benzene rings is 3. The number of methoxy groups -OCH3 is 3. The summed E-state index contributed by atoms with van der Waals surface area (Å²) in [5, 5.41) is 3.21. The first-order chi connectivity index (χ1) is 21.6. The van der Waals surface area contributed by atoms with Gasteiger partial charge >= 0.3 is 0 Å². The van der Waals surface area contributed by atoms with Gasteiger partial charge in [-0.2, -0.15) is 0 Å². The van der Waals surface area contributed by atoms with Gasteiger partial charge < -0.3 is 24.4 Å². The van der Waals surface area contributed by atoms with Crippen LogP contribution in [-0.4, -0.2) is 71.3 Å². The molecule has 4 rings (SSSR count). The molecule has 0 heterocycles. The number of carbonyl (C=O) groups excluding carboxylic acids is 2. The number of ether oxygens (including phenoxy) is 3. The van der Waals surface area contributed by atoms with Gasteiger partial charge in [0.1, 0.15) is 29.8 Å². The van der Waals surface area contributed by atoms with E-state index in [1.54, 1.807) is 31.4 Å². The van der Waals surface area contributed by atoms with Crippen LogP contribution in [-0.2, 0) is 32.6 Å². The second-order valence-electron chi connectivity index (χ2n) is 11.2. The van der Waals surface area contributed by atoms with Crippen LogP contribution < -0.4 is 23.8 Å². The maximum Gasteiger partial charge on any atom is 0.244 e. The average molecular weight is 638 g/mol. The van der Waals surface area contributed by atoms with Crippen LogP contribution in [0.4, 0.5) is 5.69 Å². The molecule has 0 spiro atoms. The van der Waals surface area contributed by atoms with Gasteiger partial charge in [-0.05, 0) is 48.2 Å². The van der Waals surface area contributed by atoms with Crippen molar-refractivity contribution in [1.82, 2.24) is 10.2 Å². The van der Waals surface area contributed by atoms with Gasteiger partial charge in [0.05, 0.1) is 33.3 Å². The molecule has 0 radical (unpaired) electrons. The average Bonchev–Trinajstić information content (AvgIpc) is 3.05. The van der Waals surface area contributed by atoms with Crippen molar-refractivity contribution >= 4 is 27.5 Å². The van der Waals surface area contributed by atoms with Crippen LogP contribution >= 0.6 is 0 Å². The Bertz CT molecular complexity index is 1540. The molecule has 1 aliphatic carbocycles. The van der Waals surface area contributed by atoms with Gasteiger partial charge in [0.25, 0.3) is 0 Å². The first-order valence-electron chi connectivity index (χ1n) is 15.1. The summed E-state index contributed by atoms with van der Waals surface area (Å²) in [7, 11) is 0.467. The molecular weight excluding hydrogens is 594 g/mol. The maximum atomic E-state index is 14.5. The van der Waals surface area contributed by atoms with E-state index in [0.29, 0.717) is 11.5 Å². The minimum atomic E-state index is -3.99. The van der Waals surface area contributed by atoms with Gasteiger partial charge in [0.2, 0.25) is 21.8 Å². The number of anilines is 1. The molecule has 242 valence electrons. The summed E-state index contributed by atoms with van der Waals surface area (Å²) in [5.41, 5.74) is 1.76. The Kier molecular flexibility index (Phi) is 11.7. The smallest absolute Gasteiger partial charge is 0.244 e. The first-order valence-corrected chi connectivity index (χ1v) is 16.9. The third-order valence-electron chi connectivity index (χ3n) is 8.04. The molecule has 45 heavy (non-hydrogen) atoms. The molecule has 3 aromatic carbocycles. The first kappa shape index (κ1) is 33.6. The summed E-state index contributed by atoms with van der Waals surface area (Å²) in [4.78, 5) is 30.0. The second-order valence-corrected chi connectivity index (χ2v) is 13.1. The number of hydrogen-bond acceptors (Lipinski definition) is 7. The fourth-order valence-electron chi connectivity index (χ4n) is 5.65. The SMILES string of the molecule is COc1cccc(CN(C(=O)CN(c2cc(OC)ccc2OC)S(C)(=O)=O)C(Cc2ccccc2)C(=O)NC2CCCCC2)c1. The fourth-order valence-corrected chi connectivity index (χ4v) is 6.50. The van der Waals surface area contributed by atoms with E-state index >= 15 is 0 Å². The zero-order chi connectivity index (χ0) is 32.4. The van der Waals surface area contributed by atoms with E-state index in [1.165, 1.54) is 25.2 Å². The molecule has 1 fully saturated rings. The Hall–Kier alpha value is -4.25. The molecule has 0 saturated heterocycles. The highest BCUT2D eigenvalue weighted by atomic mass is 32.2. The Balaban J connectivity index is 1.77. The number of carbonyl (C=O) groups is 2. The number of nitrogens with one attached hydrogen (secondary N) is 1. The predicted molar refractivity (Wildman–Crippen MR) is 174 cm³/mol. The van der Waals surface area contributed by atoms with Crippen LogP contribution in [0.3, 0.4) is 0 Å². The van der Waals surface area contributed by atoms with Crippen LogP contribution in [0.2, 0.25) is 0 Å². The van der Waals surface area contributed by atoms with Crippen LogP contribution in [0.1, 0.15) is 43.2 Å². The van der Waals surface area contributed by atoms with Crippen molar-refractivity contribution in [2.24, 2.45) is 0 Å². The molecular formula is C34H43N3O7S. The van der Waals surface area contributed by atoms with Crippen molar-refractivity contribution in [3.63, 3.8) is 0 Å². The Morgan fingerprint density at radius 1 is 0.844 bits per heavy atom.